The van der Waals surface area contributed by atoms with E-state index in [0.717, 1.165) is 24.3 Å². The Labute approximate surface area is 152 Å². The summed E-state index contributed by atoms with van der Waals surface area (Å²) in [5.41, 5.74) is -0.883. The maximum atomic E-state index is 14.5. The van der Waals surface area contributed by atoms with Crippen molar-refractivity contribution in [2.75, 3.05) is 6.54 Å². The van der Waals surface area contributed by atoms with Gasteiger partial charge < -0.3 is 5.11 Å². The maximum Gasteiger partial charge on any atom is 0.416 e. The lowest BCUT2D eigenvalue weighted by molar-refractivity contribution is -0.143. The summed E-state index contributed by atoms with van der Waals surface area (Å²) in [6, 6.07) is 5.11. The van der Waals surface area contributed by atoms with Crippen LogP contribution in [0, 0.1) is 11.6 Å². The van der Waals surface area contributed by atoms with Crippen molar-refractivity contribution >= 4 is 5.97 Å². The molecule has 2 atom stereocenters. The summed E-state index contributed by atoms with van der Waals surface area (Å²) in [4.78, 5) is 13.0. The van der Waals surface area contributed by atoms with E-state index in [1.807, 2.05) is 0 Å². The van der Waals surface area contributed by atoms with Crippen LogP contribution in [-0.4, -0.2) is 28.6 Å². The quantitative estimate of drug-likeness (QED) is 0.781. The number of benzene rings is 2. The summed E-state index contributed by atoms with van der Waals surface area (Å²) in [6.45, 7) is 0.273. The van der Waals surface area contributed by atoms with Gasteiger partial charge in [0, 0.05) is 18.2 Å². The molecule has 0 bridgehead atoms. The number of carboxylic acid groups (broad SMARTS) is 1. The Bertz CT molecular complexity index is 852. The Morgan fingerprint density at radius 1 is 1.15 bits per heavy atom. The molecule has 1 aliphatic heterocycles. The number of rotatable bonds is 4. The topological polar surface area (TPSA) is 40.5 Å². The van der Waals surface area contributed by atoms with Gasteiger partial charge in [-0.2, -0.15) is 13.2 Å². The van der Waals surface area contributed by atoms with Crippen LogP contribution in [0.25, 0.3) is 0 Å². The van der Waals surface area contributed by atoms with E-state index in [1.165, 1.54) is 17.0 Å². The van der Waals surface area contributed by atoms with Gasteiger partial charge in [-0.1, -0.05) is 18.2 Å². The van der Waals surface area contributed by atoms with E-state index in [1.54, 1.807) is 0 Å². The molecule has 2 aromatic rings. The van der Waals surface area contributed by atoms with Crippen molar-refractivity contribution in [3.8, 4) is 0 Å². The second-order valence-electron chi connectivity index (χ2n) is 6.43. The van der Waals surface area contributed by atoms with E-state index in [0.29, 0.717) is 18.9 Å². The molecular weight excluding hydrogens is 369 g/mol. The number of likely N-dealkylation sites (tertiary alicyclic amines) is 1. The summed E-state index contributed by atoms with van der Waals surface area (Å²) in [6.07, 6.45) is -3.79. The van der Waals surface area contributed by atoms with Gasteiger partial charge in [0.05, 0.1) is 11.6 Å². The monoisotopic (exact) mass is 385 g/mol. The van der Waals surface area contributed by atoms with E-state index >= 15 is 0 Å². The zero-order chi connectivity index (χ0) is 19.8. The van der Waals surface area contributed by atoms with E-state index < -0.39 is 41.4 Å². The Morgan fingerprint density at radius 3 is 2.52 bits per heavy atom. The van der Waals surface area contributed by atoms with Crippen molar-refractivity contribution in [2.24, 2.45) is 0 Å². The third-order valence-corrected chi connectivity index (χ3v) is 4.70. The lowest BCUT2D eigenvalue weighted by Crippen LogP contribution is -2.39. The number of carboxylic acids is 1. The highest BCUT2D eigenvalue weighted by molar-refractivity contribution is 5.74. The molecular formula is C19H16F5NO2. The number of hydrogen-bond donors (Lipinski definition) is 1. The average molecular weight is 385 g/mol. The van der Waals surface area contributed by atoms with Gasteiger partial charge in [0.15, 0.2) is 0 Å². The fourth-order valence-electron chi connectivity index (χ4n) is 3.52. The Balaban J connectivity index is 2.15. The van der Waals surface area contributed by atoms with Crippen molar-refractivity contribution < 1.29 is 31.9 Å². The Morgan fingerprint density at radius 2 is 1.89 bits per heavy atom. The number of nitrogens with zero attached hydrogens (tertiary/aromatic N) is 1. The van der Waals surface area contributed by atoms with E-state index in [2.05, 4.69) is 0 Å². The number of aliphatic carboxylic acids is 1. The fraction of sp³-hybridized carbons (Fsp3) is 0.316. The van der Waals surface area contributed by atoms with E-state index in [9.17, 15) is 31.9 Å². The first-order chi connectivity index (χ1) is 12.7. The minimum atomic E-state index is -4.60. The number of hydrogen-bond acceptors (Lipinski definition) is 2. The summed E-state index contributed by atoms with van der Waals surface area (Å²) in [5, 5.41) is 9.45. The second kappa shape index (κ2) is 7.26. The van der Waals surface area contributed by atoms with Gasteiger partial charge in [0.1, 0.15) is 17.7 Å². The molecule has 0 amide bonds. The highest BCUT2D eigenvalue weighted by atomic mass is 19.4. The summed E-state index contributed by atoms with van der Waals surface area (Å²) in [5.74, 6) is -2.89. The fourth-order valence-corrected chi connectivity index (χ4v) is 3.52. The van der Waals surface area contributed by atoms with Crippen LogP contribution in [0.15, 0.2) is 42.5 Å². The molecule has 3 nitrogen and oxygen atoms in total. The second-order valence-corrected chi connectivity index (χ2v) is 6.43. The molecule has 0 aromatic heterocycles. The lowest BCUT2D eigenvalue weighted by Gasteiger charge is -2.32. The predicted octanol–water partition coefficient (Wildman–Crippen LogP) is 4.62. The van der Waals surface area contributed by atoms with Crippen LogP contribution < -0.4 is 0 Å². The molecule has 2 unspecified atom stereocenters. The molecule has 27 heavy (non-hydrogen) atoms. The van der Waals surface area contributed by atoms with Gasteiger partial charge in [-0.25, -0.2) is 8.78 Å². The summed E-state index contributed by atoms with van der Waals surface area (Å²) in [7, 11) is 0. The first kappa shape index (κ1) is 19.3. The standard InChI is InChI=1S/C19H16F5NO2/c20-13-6-7-14(15(21)10-13)17(25-8-2-5-16(25)18(26)27)11-3-1-4-12(9-11)19(22,23)24/h1,3-4,6-7,9-10,16-17H,2,5,8H2,(H,26,27). The van der Waals surface area contributed by atoms with Crippen molar-refractivity contribution in [1.29, 1.82) is 0 Å². The van der Waals surface area contributed by atoms with Crippen LogP contribution in [0.2, 0.25) is 0 Å². The van der Waals surface area contributed by atoms with Gasteiger partial charge in [-0.15, -0.1) is 0 Å². The normalized spacial score (nSPS) is 19.2. The van der Waals surface area contributed by atoms with Gasteiger partial charge in [0.25, 0.3) is 0 Å². The van der Waals surface area contributed by atoms with Crippen molar-refractivity contribution in [3.63, 3.8) is 0 Å². The van der Waals surface area contributed by atoms with Gasteiger partial charge in [0.2, 0.25) is 0 Å². The van der Waals surface area contributed by atoms with Crippen LogP contribution in [0.4, 0.5) is 22.0 Å². The maximum absolute atomic E-state index is 14.5. The minimum Gasteiger partial charge on any atom is -0.480 e. The van der Waals surface area contributed by atoms with Crippen LogP contribution in [-0.2, 0) is 11.0 Å². The molecule has 0 radical (unpaired) electrons. The largest absolute Gasteiger partial charge is 0.480 e. The molecule has 0 saturated carbocycles. The number of alkyl halides is 3. The number of carbonyl (C=O) groups is 1. The zero-order valence-corrected chi connectivity index (χ0v) is 14.0. The summed E-state index contributed by atoms with van der Waals surface area (Å²) >= 11 is 0. The van der Waals surface area contributed by atoms with Crippen molar-refractivity contribution in [3.05, 3.63) is 70.8 Å². The molecule has 1 heterocycles. The molecule has 0 spiro atoms. The average Bonchev–Trinajstić information content (AvgIpc) is 3.06. The third-order valence-electron chi connectivity index (χ3n) is 4.70. The minimum absolute atomic E-state index is 0.0659. The highest BCUT2D eigenvalue weighted by Crippen LogP contribution is 2.38. The van der Waals surface area contributed by atoms with Crippen LogP contribution in [0.3, 0.4) is 0 Å². The molecule has 0 aliphatic carbocycles. The molecule has 2 aromatic carbocycles. The van der Waals surface area contributed by atoms with Crippen LogP contribution >= 0.6 is 0 Å². The predicted molar refractivity (Wildman–Crippen MR) is 87.0 cm³/mol. The van der Waals surface area contributed by atoms with Gasteiger partial charge >= 0.3 is 12.1 Å². The zero-order valence-electron chi connectivity index (χ0n) is 14.0. The van der Waals surface area contributed by atoms with E-state index in [-0.39, 0.29) is 17.7 Å². The molecule has 1 aliphatic rings. The van der Waals surface area contributed by atoms with Gasteiger partial charge in [-0.05, 0) is 36.6 Å². The van der Waals surface area contributed by atoms with Gasteiger partial charge in [-0.3, -0.25) is 9.69 Å². The Hall–Kier alpha value is -2.48. The van der Waals surface area contributed by atoms with Crippen LogP contribution in [0.5, 0.6) is 0 Å². The molecule has 1 saturated heterocycles. The molecule has 1 N–H and O–H groups in total. The number of halogens is 5. The van der Waals surface area contributed by atoms with Crippen molar-refractivity contribution in [2.45, 2.75) is 31.1 Å². The van der Waals surface area contributed by atoms with E-state index in [4.69, 9.17) is 0 Å². The Kier molecular flexibility index (Phi) is 5.19. The van der Waals surface area contributed by atoms with Crippen molar-refractivity contribution in [1.82, 2.24) is 4.90 Å². The third kappa shape index (κ3) is 3.95. The first-order valence-electron chi connectivity index (χ1n) is 8.29. The molecule has 1 fully saturated rings. The SMILES string of the molecule is O=C(O)C1CCCN1C(c1cccc(C(F)(F)F)c1)c1ccc(F)cc1F. The lowest BCUT2D eigenvalue weighted by atomic mass is 9.94. The molecule has 144 valence electrons. The summed E-state index contributed by atoms with van der Waals surface area (Å²) < 4.78 is 67.1. The molecule has 3 rings (SSSR count). The van der Waals surface area contributed by atoms with Crippen LogP contribution in [0.1, 0.15) is 35.6 Å². The first-order valence-corrected chi connectivity index (χ1v) is 8.29. The smallest absolute Gasteiger partial charge is 0.416 e. The highest BCUT2D eigenvalue weighted by Gasteiger charge is 2.39. The molecule has 8 heteroatoms.